The maximum Gasteiger partial charge on any atom is 0.416 e. The van der Waals surface area contributed by atoms with Gasteiger partial charge in [0.1, 0.15) is 0 Å². The van der Waals surface area contributed by atoms with Crippen molar-refractivity contribution in [2.75, 3.05) is 19.3 Å². The van der Waals surface area contributed by atoms with E-state index in [1.165, 1.54) is 12.1 Å². The van der Waals surface area contributed by atoms with Crippen molar-refractivity contribution in [2.24, 2.45) is 0 Å². The highest BCUT2D eigenvalue weighted by molar-refractivity contribution is 7.88. The molecule has 0 saturated carbocycles. The van der Waals surface area contributed by atoms with Gasteiger partial charge in [-0.15, -0.1) is 0 Å². The van der Waals surface area contributed by atoms with Gasteiger partial charge in [-0.05, 0) is 17.7 Å². The molecule has 0 spiro atoms. The summed E-state index contributed by atoms with van der Waals surface area (Å²) >= 11 is 0. The molecule has 0 bridgehead atoms. The van der Waals surface area contributed by atoms with Crippen molar-refractivity contribution in [2.45, 2.75) is 12.7 Å². The van der Waals surface area contributed by atoms with Gasteiger partial charge in [-0.2, -0.15) is 13.2 Å². The Hall–Kier alpha value is -1.81. The number of nitrogens with one attached hydrogen (secondary N) is 3. The highest BCUT2D eigenvalue weighted by atomic mass is 32.2. The van der Waals surface area contributed by atoms with Crippen molar-refractivity contribution in [1.82, 2.24) is 15.4 Å². The second-order valence-electron chi connectivity index (χ2n) is 4.47. The zero-order valence-corrected chi connectivity index (χ0v) is 12.5. The molecular weight excluding hydrogens is 323 g/mol. The molecule has 0 unspecified atom stereocenters. The van der Waals surface area contributed by atoms with Crippen LogP contribution in [0.5, 0.6) is 0 Å². The summed E-state index contributed by atoms with van der Waals surface area (Å²) in [5.74, 6) is 0. The van der Waals surface area contributed by atoms with Crippen molar-refractivity contribution in [3.05, 3.63) is 35.4 Å². The highest BCUT2D eigenvalue weighted by Crippen LogP contribution is 2.29. The van der Waals surface area contributed by atoms with Gasteiger partial charge in [-0.1, -0.05) is 12.1 Å². The van der Waals surface area contributed by atoms with Gasteiger partial charge in [0, 0.05) is 19.6 Å². The number of rotatable bonds is 6. The molecule has 1 aromatic rings. The third-order valence-corrected chi connectivity index (χ3v) is 3.21. The van der Waals surface area contributed by atoms with Crippen LogP contribution in [0.25, 0.3) is 0 Å². The molecule has 124 valence electrons. The van der Waals surface area contributed by atoms with E-state index < -0.39 is 27.8 Å². The summed E-state index contributed by atoms with van der Waals surface area (Å²) in [5, 5.41) is 4.75. The largest absolute Gasteiger partial charge is 0.416 e. The summed E-state index contributed by atoms with van der Waals surface area (Å²) in [6, 6.07) is 4.01. The maximum atomic E-state index is 12.5. The predicted octanol–water partition coefficient (Wildman–Crippen LogP) is 1.05. The van der Waals surface area contributed by atoms with Gasteiger partial charge < -0.3 is 10.6 Å². The van der Waals surface area contributed by atoms with Crippen molar-refractivity contribution < 1.29 is 26.4 Å². The Balaban J connectivity index is 2.38. The smallest absolute Gasteiger partial charge is 0.337 e. The van der Waals surface area contributed by atoms with Gasteiger partial charge in [0.2, 0.25) is 10.0 Å². The van der Waals surface area contributed by atoms with E-state index in [1.807, 2.05) is 0 Å². The fourth-order valence-corrected chi connectivity index (χ4v) is 1.99. The summed E-state index contributed by atoms with van der Waals surface area (Å²) < 4.78 is 61.3. The second kappa shape index (κ2) is 7.45. The Morgan fingerprint density at radius 1 is 1.18 bits per heavy atom. The topological polar surface area (TPSA) is 87.3 Å². The summed E-state index contributed by atoms with van der Waals surface area (Å²) in [6.07, 6.45) is -3.45. The standard InChI is InChI=1S/C12H16F3N3O3S/c1-22(20,21)18-6-5-16-11(19)17-8-9-3-2-4-10(7-9)12(13,14)15/h2-4,7,18H,5-6,8H2,1H3,(H2,16,17,19). The first-order valence-corrected chi connectivity index (χ1v) is 8.09. The van der Waals surface area contributed by atoms with Crippen LogP contribution >= 0.6 is 0 Å². The molecule has 0 aliphatic rings. The van der Waals surface area contributed by atoms with Gasteiger partial charge in [-0.3, -0.25) is 0 Å². The molecule has 0 atom stereocenters. The number of hydrogen-bond donors (Lipinski definition) is 3. The normalized spacial score (nSPS) is 12.0. The van der Waals surface area contributed by atoms with E-state index in [1.54, 1.807) is 0 Å². The molecule has 0 aliphatic heterocycles. The lowest BCUT2D eigenvalue weighted by molar-refractivity contribution is -0.137. The first-order chi connectivity index (χ1) is 10.1. The molecule has 3 N–H and O–H groups in total. The number of amides is 2. The second-order valence-corrected chi connectivity index (χ2v) is 6.31. The Bertz CT molecular complexity index is 618. The third-order valence-electron chi connectivity index (χ3n) is 2.48. The molecule has 0 radical (unpaired) electrons. The van der Waals surface area contributed by atoms with Gasteiger partial charge in [0.05, 0.1) is 11.8 Å². The number of alkyl halides is 3. The summed E-state index contributed by atoms with van der Waals surface area (Å²) in [5.41, 5.74) is -0.483. The van der Waals surface area contributed by atoms with Crippen molar-refractivity contribution in [3.8, 4) is 0 Å². The summed E-state index contributed by atoms with van der Waals surface area (Å²) in [6.45, 7) is 0.00651. The highest BCUT2D eigenvalue weighted by Gasteiger charge is 2.30. The zero-order chi connectivity index (χ0) is 16.8. The SMILES string of the molecule is CS(=O)(=O)NCCNC(=O)NCc1cccc(C(F)(F)F)c1. The van der Waals surface area contributed by atoms with Crippen molar-refractivity contribution in [3.63, 3.8) is 0 Å². The molecular formula is C12H16F3N3O3S. The minimum absolute atomic E-state index is 0.0236. The summed E-state index contributed by atoms with van der Waals surface area (Å²) in [4.78, 5) is 11.4. The minimum atomic E-state index is -4.43. The van der Waals surface area contributed by atoms with Crippen LogP contribution in [0.4, 0.5) is 18.0 Å². The molecule has 0 aliphatic carbocycles. The molecule has 1 rings (SSSR count). The Kier molecular flexibility index (Phi) is 6.18. The third kappa shape index (κ3) is 7.27. The van der Waals surface area contributed by atoms with Gasteiger partial charge in [0.25, 0.3) is 0 Å². The molecule has 1 aromatic carbocycles. The average Bonchev–Trinajstić information content (AvgIpc) is 2.40. The zero-order valence-electron chi connectivity index (χ0n) is 11.7. The molecule has 0 fully saturated rings. The van der Waals surface area contributed by atoms with Gasteiger partial charge >= 0.3 is 12.2 Å². The lowest BCUT2D eigenvalue weighted by Crippen LogP contribution is -2.39. The molecule has 6 nitrogen and oxygen atoms in total. The molecule has 0 heterocycles. The maximum absolute atomic E-state index is 12.5. The van der Waals surface area contributed by atoms with E-state index in [-0.39, 0.29) is 19.6 Å². The van der Waals surface area contributed by atoms with Gasteiger partial charge in [0.15, 0.2) is 0 Å². The van der Waals surface area contributed by atoms with Crippen LogP contribution in [0.2, 0.25) is 0 Å². The van der Waals surface area contributed by atoms with Crippen LogP contribution in [0.15, 0.2) is 24.3 Å². The fraction of sp³-hybridized carbons (Fsp3) is 0.417. The number of carbonyl (C=O) groups is 1. The van der Waals surface area contributed by atoms with Crippen molar-refractivity contribution in [1.29, 1.82) is 0 Å². The Morgan fingerprint density at radius 3 is 2.45 bits per heavy atom. The van der Waals surface area contributed by atoms with Crippen LogP contribution in [-0.2, 0) is 22.7 Å². The molecule has 22 heavy (non-hydrogen) atoms. The van der Waals surface area contributed by atoms with E-state index in [0.29, 0.717) is 5.56 Å². The Labute approximate surface area is 126 Å². The molecule has 2 amide bonds. The van der Waals surface area contributed by atoms with E-state index in [0.717, 1.165) is 18.4 Å². The lowest BCUT2D eigenvalue weighted by atomic mass is 10.1. The number of halogens is 3. The van der Waals surface area contributed by atoms with E-state index in [4.69, 9.17) is 0 Å². The van der Waals surface area contributed by atoms with Crippen LogP contribution in [0, 0.1) is 0 Å². The summed E-state index contributed by atoms with van der Waals surface area (Å²) in [7, 11) is -3.32. The van der Waals surface area contributed by atoms with Crippen LogP contribution in [0.3, 0.4) is 0 Å². The predicted molar refractivity (Wildman–Crippen MR) is 74.5 cm³/mol. The van der Waals surface area contributed by atoms with E-state index >= 15 is 0 Å². The monoisotopic (exact) mass is 339 g/mol. The number of sulfonamides is 1. The number of carbonyl (C=O) groups excluding carboxylic acids is 1. The van der Waals surface area contributed by atoms with E-state index in [2.05, 4.69) is 15.4 Å². The number of hydrogen-bond acceptors (Lipinski definition) is 3. The quantitative estimate of drug-likeness (QED) is 0.677. The van der Waals surface area contributed by atoms with Crippen LogP contribution < -0.4 is 15.4 Å². The van der Waals surface area contributed by atoms with Crippen LogP contribution in [-0.4, -0.2) is 33.8 Å². The lowest BCUT2D eigenvalue weighted by Gasteiger charge is -2.10. The molecule has 10 heteroatoms. The number of benzene rings is 1. The van der Waals surface area contributed by atoms with Gasteiger partial charge in [-0.25, -0.2) is 17.9 Å². The molecule has 0 aromatic heterocycles. The van der Waals surface area contributed by atoms with Crippen molar-refractivity contribution >= 4 is 16.1 Å². The number of urea groups is 1. The minimum Gasteiger partial charge on any atom is -0.337 e. The average molecular weight is 339 g/mol. The Morgan fingerprint density at radius 2 is 1.86 bits per heavy atom. The van der Waals surface area contributed by atoms with E-state index in [9.17, 15) is 26.4 Å². The fourth-order valence-electron chi connectivity index (χ4n) is 1.51. The van der Waals surface area contributed by atoms with Crippen LogP contribution in [0.1, 0.15) is 11.1 Å². The first-order valence-electron chi connectivity index (χ1n) is 6.20. The molecule has 0 saturated heterocycles. The first kappa shape index (κ1) is 18.2.